The van der Waals surface area contributed by atoms with E-state index >= 15 is 0 Å². The molecule has 4 atom stereocenters. The molecule has 3 rings (SSSR count). The first-order valence-electron chi connectivity index (χ1n) is 9.48. The van der Waals surface area contributed by atoms with E-state index in [9.17, 15) is 26.3 Å². The third-order valence-electron chi connectivity index (χ3n) is 5.36. The van der Waals surface area contributed by atoms with Crippen LogP contribution in [0.3, 0.4) is 0 Å². The summed E-state index contributed by atoms with van der Waals surface area (Å²) >= 11 is 0. The van der Waals surface area contributed by atoms with E-state index in [4.69, 9.17) is 0 Å². The summed E-state index contributed by atoms with van der Waals surface area (Å²) in [5.74, 6) is -1.40. The van der Waals surface area contributed by atoms with Gasteiger partial charge in [-0.05, 0) is 37.3 Å². The molecule has 2 aliphatic carbocycles. The number of alkyl halides is 6. The molecule has 2 N–H and O–H groups in total. The molecule has 0 aliphatic heterocycles. The number of nitrogens with one attached hydrogen (secondary N) is 2. The molecule has 0 amide bonds. The maximum atomic E-state index is 13.0. The van der Waals surface area contributed by atoms with Gasteiger partial charge in [0, 0.05) is 25.0 Å². The molecule has 1 aromatic carbocycles. The minimum absolute atomic E-state index is 0. The molecule has 0 heterocycles. The van der Waals surface area contributed by atoms with Gasteiger partial charge in [-0.15, -0.1) is 37.1 Å². The van der Waals surface area contributed by atoms with Crippen LogP contribution < -0.4 is 15.4 Å². The van der Waals surface area contributed by atoms with Crippen molar-refractivity contribution in [3.8, 4) is 5.75 Å². The van der Waals surface area contributed by atoms with E-state index < -0.39 is 18.5 Å². The highest BCUT2D eigenvalue weighted by molar-refractivity contribution is 14.0. The van der Waals surface area contributed by atoms with Crippen molar-refractivity contribution >= 4 is 29.9 Å². The Balaban J connectivity index is 0.00000320. The van der Waals surface area contributed by atoms with Gasteiger partial charge in [0.05, 0.1) is 5.92 Å². The summed E-state index contributed by atoms with van der Waals surface area (Å²) in [5.41, 5.74) is 0.438. The van der Waals surface area contributed by atoms with Gasteiger partial charge in [-0.3, -0.25) is 4.99 Å². The lowest BCUT2D eigenvalue weighted by Gasteiger charge is -2.32. The molecule has 0 aromatic heterocycles. The van der Waals surface area contributed by atoms with Gasteiger partial charge in [0.25, 0.3) is 0 Å². The van der Waals surface area contributed by atoms with E-state index in [2.05, 4.69) is 20.4 Å². The van der Waals surface area contributed by atoms with Crippen LogP contribution in [0.2, 0.25) is 0 Å². The molecule has 30 heavy (non-hydrogen) atoms. The number of guanidine groups is 1. The zero-order valence-electron chi connectivity index (χ0n) is 16.2. The summed E-state index contributed by atoms with van der Waals surface area (Å²) in [6.07, 6.45) is -7.19. The summed E-state index contributed by atoms with van der Waals surface area (Å²) in [4.78, 5) is 4.06. The van der Waals surface area contributed by atoms with Crippen molar-refractivity contribution < 1.29 is 31.1 Å². The Hall–Kier alpha value is -1.40. The lowest BCUT2D eigenvalue weighted by atomic mass is 9.85. The SMILES string of the molecule is CN=C(NC1CCCC(C(F)(F)F)C1)NC1CC1c1ccccc1OC(F)(F)F.I. The minimum atomic E-state index is -4.78. The number of rotatable bonds is 4. The first-order valence-corrected chi connectivity index (χ1v) is 9.48. The highest BCUT2D eigenvalue weighted by Crippen LogP contribution is 2.45. The van der Waals surface area contributed by atoms with Crippen LogP contribution in [-0.2, 0) is 0 Å². The van der Waals surface area contributed by atoms with E-state index in [1.165, 1.54) is 19.2 Å². The van der Waals surface area contributed by atoms with Crippen LogP contribution in [0, 0.1) is 5.92 Å². The summed E-state index contributed by atoms with van der Waals surface area (Å²) in [6.45, 7) is 0. The molecule has 11 heteroatoms. The van der Waals surface area contributed by atoms with Crippen LogP contribution in [0.4, 0.5) is 26.3 Å². The van der Waals surface area contributed by atoms with E-state index in [-0.39, 0.29) is 60.6 Å². The fourth-order valence-electron chi connectivity index (χ4n) is 3.86. The van der Waals surface area contributed by atoms with Crippen LogP contribution in [0.1, 0.15) is 43.6 Å². The van der Waals surface area contributed by atoms with Crippen molar-refractivity contribution in [1.29, 1.82) is 0 Å². The van der Waals surface area contributed by atoms with Gasteiger partial charge in [0.15, 0.2) is 5.96 Å². The second-order valence-electron chi connectivity index (χ2n) is 7.50. The lowest BCUT2D eigenvalue weighted by Crippen LogP contribution is -2.47. The number of hydrogen-bond donors (Lipinski definition) is 2. The van der Waals surface area contributed by atoms with Crippen molar-refractivity contribution in [3.63, 3.8) is 0 Å². The zero-order chi connectivity index (χ0) is 21.2. The highest BCUT2D eigenvalue weighted by atomic mass is 127. The predicted molar refractivity (Wildman–Crippen MR) is 111 cm³/mol. The first kappa shape index (κ1) is 24.9. The van der Waals surface area contributed by atoms with Gasteiger partial charge in [-0.2, -0.15) is 13.2 Å². The lowest BCUT2D eigenvalue weighted by molar-refractivity contribution is -0.274. The Morgan fingerprint density at radius 3 is 2.37 bits per heavy atom. The number of para-hydroxylation sites is 1. The molecule has 0 spiro atoms. The second kappa shape index (κ2) is 9.82. The standard InChI is InChI=1S/C19H23F6N3O.HI/c1-26-17(27-12-6-4-5-11(9-12)18(20,21)22)28-15-10-14(15)13-7-2-3-8-16(13)29-19(23,24)25;/h2-3,7-8,11-12,14-15H,4-6,9-10H2,1H3,(H2,26,27,28);1H. The Bertz CT molecular complexity index is 740. The fraction of sp³-hybridized carbons (Fsp3) is 0.632. The van der Waals surface area contributed by atoms with Crippen molar-refractivity contribution in [3.05, 3.63) is 29.8 Å². The molecule has 0 saturated heterocycles. The molecule has 1 aromatic rings. The monoisotopic (exact) mass is 551 g/mol. The first-order chi connectivity index (χ1) is 13.6. The Labute approximate surface area is 187 Å². The van der Waals surface area contributed by atoms with Gasteiger partial charge < -0.3 is 15.4 Å². The number of aliphatic imine (C=N–C) groups is 1. The number of nitrogens with zero attached hydrogens (tertiary/aromatic N) is 1. The minimum Gasteiger partial charge on any atom is -0.405 e. The Morgan fingerprint density at radius 1 is 1.03 bits per heavy atom. The number of halogens is 7. The number of hydrogen-bond acceptors (Lipinski definition) is 2. The van der Waals surface area contributed by atoms with Gasteiger partial charge >= 0.3 is 12.5 Å². The molecule has 4 unspecified atom stereocenters. The van der Waals surface area contributed by atoms with Gasteiger partial charge in [0.2, 0.25) is 0 Å². The van der Waals surface area contributed by atoms with Gasteiger partial charge in [-0.25, -0.2) is 0 Å². The summed E-state index contributed by atoms with van der Waals surface area (Å²) in [6, 6.07) is 5.44. The van der Waals surface area contributed by atoms with Gasteiger partial charge in [-0.1, -0.05) is 24.6 Å². The molecule has 0 radical (unpaired) electrons. The van der Waals surface area contributed by atoms with Gasteiger partial charge in [0.1, 0.15) is 5.75 Å². The van der Waals surface area contributed by atoms with E-state index in [0.29, 0.717) is 30.8 Å². The molecule has 170 valence electrons. The van der Waals surface area contributed by atoms with Crippen LogP contribution in [0.5, 0.6) is 5.75 Å². The van der Waals surface area contributed by atoms with Crippen LogP contribution in [0.15, 0.2) is 29.3 Å². The molecular formula is C19H24F6IN3O. The Kier molecular flexibility index (Phi) is 8.14. The predicted octanol–water partition coefficient (Wildman–Crippen LogP) is 5.35. The van der Waals surface area contributed by atoms with E-state index in [0.717, 1.165) is 0 Å². The topological polar surface area (TPSA) is 45.7 Å². The number of ether oxygens (including phenoxy) is 1. The maximum absolute atomic E-state index is 13.0. The third kappa shape index (κ3) is 6.81. The average molecular weight is 551 g/mol. The molecule has 0 bridgehead atoms. The largest absolute Gasteiger partial charge is 0.573 e. The molecule has 2 fully saturated rings. The summed E-state index contributed by atoms with van der Waals surface area (Å²) in [5, 5.41) is 6.13. The quantitative estimate of drug-likeness (QED) is 0.230. The number of benzene rings is 1. The zero-order valence-corrected chi connectivity index (χ0v) is 18.5. The molecule has 2 aliphatic rings. The van der Waals surface area contributed by atoms with Crippen molar-refractivity contribution in [2.24, 2.45) is 10.9 Å². The van der Waals surface area contributed by atoms with E-state index in [1.54, 1.807) is 12.1 Å². The van der Waals surface area contributed by atoms with Crippen molar-refractivity contribution in [1.82, 2.24) is 10.6 Å². The fourth-order valence-corrected chi connectivity index (χ4v) is 3.86. The second-order valence-corrected chi connectivity index (χ2v) is 7.50. The molecule has 4 nitrogen and oxygen atoms in total. The van der Waals surface area contributed by atoms with E-state index in [1.807, 2.05) is 0 Å². The third-order valence-corrected chi connectivity index (χ3v) is 5.36. The maximum Gasteiger partial charge on any atom is 0.573 e. The van der Waals surface area contributed by atoms with Crippen molar-refractivity contribution in [2.75, 3.05) is 7.05 Å². The molecule has 2 saturated carbocycles. The molecular weight excluding hydrogens is 527 g/mol. The average Bonchev–Trinajstić information content (AvgIpc) is 3.38. The summed E-state index contributed by atoms with van der Waals surface area (Å²) < 4.78 is 80.8. The smallest absolute Gasteiger partial charge is 0.405 e. The normalized spacial score (nSPS) is 27.1. The highest BCUT2D eigenvalue weighted by Gasteiger charge is 2.44. The van der Waals surface area contributed by atoms with Crippen LogP contribution in [-0.4, -0.2) is 37.6 Å². The summed E-state index contributed by atoms with van der Waals surface area (Å²) in [7, 11) is 1.51. The van der Waals surface area contributed by atoms with Crippen LogP contribution in [0.25, 0.3) is 0 Å². The van der Waals surface area contributed by atoms with Crippen molar-refractivity contribution in [2.45, 2.75) is 62.6 Å². The Morgan fingerprint density at radius 2 is 1.73 bits per heavy atom. The van der Waals surface area contributed by atoms with Crippen LogP contribution >= 0.6 is 24.0 Å².